The van der Waals surface area contributed by atoms with Crippen LogP contribution in [0.2, 0.25) is 0 Å². The summed E-state index contributed by atoms with van der Waals surface area (Å²) in [4.78, 5) is 18.6. The van der Waals surface area contributed by atoms with Gasteiger partial charge in [-0.3, -0.25) is 4.79 Å². The largest absolute Gasteiger partial charge is 0.481 e. The Balaban J connectivity index is 1.42. The van der Waals surface area contributed by atoms with E-state index in [1.54, 1.807) is 6.21 Å². The van der Waals surface area contributed by atoms with Crippen LogP contribution in [0.1, 0.15) is 43.2 Å². The topological polar surface area (TPSA) is 101 Å². The fraction of sp³-hybridized carbons (Fsp3) is 0.526. The van der Waals surface area contributed by atoms with Crippen molar-refractivity contribution < 1.29 is 14.7 Å². The predicted molar refractivity (Wildman–Crippen MR) is 100 cm³/mol. The number of nitrogens with zero attached hydrogens (tertiary/aromatic N) is 3. The lowest BCUT2D eigenvalue weighted by atomic mass is 9.89. The number of nitrogens with two attached hydrogens (primary N) is 1. The number of carboxylic acids is 1. The van der Waals surface area contributed by atoms with Gasteiger partial charge in [0.05, 0.1) is 18.3 Å². The molecule has 26 heavy (non-hydrogen) atoms. The Kier molecular flexibility index (Phi) is 6.22. The zero-order chi connectivity index (χ0) is 18.4. The number of rotatable bonds is 7. The summed E-state index contributed by atoms with van der Waals surface area (Å²) < 4.78 is 0. The number of hydrazone groups is 1. The van der Waals surface area contributed by atoms with E-state index in [-0.39, 0.29) is 12.5 Å². The number of oxime groups is 1. The van der Waals surface area contributed by atoms with Gasteiger partial charge in [0.1, 0.15) is 6.10 Å². The van der Waals surface area contributed by atoms with Crippen LogP contribution in [0.5, 0.6) is 0 Å². The highest BCUT2D eigenvalue weighted by atomic mass is 16.6. The highest BCUT2D eigenvalue weighted by Crippen LogP contribution is 2.28. The first-order chi connectivity index (χ1) is 12.6. The molecule has 2 aliphatic rings. The second-order valence-corrected chi connectivity index (χ2v) is 7.03. The molecule has 0 saturated carbocycles. The number of carbonyl (C=O) groups is 1. The van der Waals surface area contributed by atoms with Gasteiger partial charge in [-0.05, 0) is 49.4 Å². The average molecular weight is 358 g/mol. The first kappa shape index (κ1) is 18.4. The van der Waals surface area contributed by atoms with E-state index in [1.165, 1.54) is 0 Å². The SMILES string of the molecule is NN=Cc1ccc(C2=NOC(CC3CCN(CCC(=O)O)CC3)C2)cc1. The molecule has 0 amide bonds. The van der Waals surface area contributed by atoms with Crippen LogP contribution in [0.25, 0.3) is 0 Å². The van der Waals surface area contributed by atoms with Crippen LogP contribution in [0.3, 0.4) is 0 Å². The fourth-order valence-corrected chi connectivity index (χ4v) is 3.64. The van der Waals surface area contributed by atoms with E-state index in [1.807, 2.05) is 24.3 Å². The van der Waals surface area contributed by atoms with E-state index >= 15 is 0 Å². The smallest absolute Gasteiger partial charge is 0.304 e. The quantitative estimate of drug-likeness (QED) is 0.441. The Hall–Kier alpha value is -2.41. The van der Waals surface area contributed by atoms with Gasteiger partial charge in [0.15, 0.2) is 0 Å². The van der Waals surface area contributed by atoms with E-state index in [2.05, 4.69) is 15.2 Å². The summed E-state index contributed by atoms with van der Waals surface area (Å²) in [5.41, 5.74) is 3.03. The van der Waals surface area contributed by atoms with Crippen LogP contribution < -0.4 is 5.84 Å². The van der Waals surface area contributed by atoms with Crippen molar-refractivity contribution in [2.75, 3.05) is 19.6 Å². The molecule has 1 fully saturated rings. The van der Waals surface area contributed by atoms with Gasteiger partial charge in [-0.2, -0.15) is 5.10 Å². The second-order valence-electron chi connectivity index (χ2n) is 7.03. The summed E-state index contributed by atoms with van der Waals surface area (Å²) in [7, 11) is 0. The lowest BCUT2D eigenvalue weighted by Crippen LogP contribution is -2.36. The molecule has 3 N–H and O–H groups in total. The Bertz CT molecular complexity index is 664. The van der Waals surface area contributed by atoms with Crippen molar-refractivity contribution in [3.8, 4) is 0 Å². The number of carboxylic acid groups (broad SMARTS) is 1. The lowest BCUT2D eigenvalue weighted by molar-refractivity contribution is -0.137. The maximum absolute atomic E-state index is 10.7. The monoisotopic (exact) mass is 358 g/mol. The molecule has 2 aliphatic heterocycles. The molecule has 140 valence electrons. The van der Waals surface area contributed by atoms with Crippen LogP contribution >= 0.6 is 0 Å². The molecule has 1 atom stereocenters. The summed E-state index contributed by atoms with van der Waals surface area (Å²) >= 11 is 0. The van der Waals surface area contributed by atoms with E-state index in [4.69, 9.17) is 15.8 Å². The Morgan fingerprint density at radius 2 is 2.08 bits per heavy atom. The third-order valence-corrected chi connectivity index (χ3v) is 5.15. The molecule has 1 aromatic rings. The van der Waals surface area contributed by atoms with Gasteiger partial charge in [-0.15, -0.1) is 0 Å². The molecule has 0 bridgehead atoms. The summed E-state index contributed by atoms with van der Waals surface area (Å²) in [6.45, 7) is 2.60. The molecule has 7 heteroatoms. The minimum absolute atomic E-state index is 0.144. The Morgan fingerprint density at radius 1 is 1.35 bits per heavy atom. The molecule has 1 aromatic carbocycles. The summed E-state index contributed by atoms with van der Waals surface area (Å²) in [6.07, 6.45) is 6.03. The number of aliphatic carboxylic acids is 1. The van der Waals surface area contributed by atoms with E-state index in [0.717, 1.165) is 55.6 Å². The minimum atomic E-state index is -0.723. The Morgan fingerprint density at radius 3 is 2.73 bits per heavy atom. The third kappa shape index (κ3) is 5.05. The van der Waals surface area contributed by atoms with Crippen LogP contribution in [0.4, 0.5) is 0 Å². The molecule has 1 unspecified atom stereocenters. The van der Waals surface area contributed by atoms with Crippen molar-refractivity contribution in [1.29, 1.82) is 0 Å². The number of hydrogen-bond donors (Lipinski definition) is 2. The minimum Gasteiger partial charge on any atom is -0.481 e. The molecule has 0 aliphatic carbocycles. The second kappa shape index (κ2) is 8.80. The van der Waals surface area contributed by atoms with Gasteiger partial charge < -0.3 is 20.7 Å². The van der Waals surface area contributed by atoms with Crippen LogP contribution in [-0.4, -0.2) is 53.6 Å². The van der Waals surface area contributed by atoms with Crippen LogP contribution in [0, 0.1) is 5.92 Å². The molecule has 0 aromatic heterocycles. The summed E-state index contributed by atoms with van der Waals surface area (Å²) in [6, 6.07) is 7.97. The molecule has 0 radical (unpaired) electrons. The zero-order valence-electron chi connectivity index (χ0n) is 14.9. The third-order valence-electron chi connectivity index (χ3n) is 5.15. The lowest BCUT2D eigenvalue weighted by Gasteiger charge is -2.32. The van der Waals surface area contributed by atoms with Gasteiger partial charge in [0.25, 0.3) is 0 Å². The van der Waals surface area contributed by atoms with Crippen LogP contribution in [-0.2, 0) is 9.63 Å². The van der Waals surface area contributed by atoms with E-state index in [9.17, 15) is 4.79 Å². The van der Waals surface area contributed by atoms with Crippen molar-refractivity contribution in [1.82, 2.24) is 4.90 Å². The molecule has 7 nitrogen and oxygen atoms in total. The first-order valence-corrected chi connectivity index (χ1v) is 9.14. The fourth-order valence-electron chi connectivity index (χ4n) is 3.64. The Labute approximate surface area is 153 Å². The maximum Gasteiger partial charge on any atom is 0.304 e. The van der Waals surface area contributed by atoms with Crippen molar-refractivity contribution in [2.24, 2.45) is 22.0 Å². The highest BCUT2D eigenvalue weighted by molar-refractivity contribution is 6.01. The number of benzene rings is 1. The molecule has 3 rings (SSSR count). The number of likely N-dealkylation sites (tertiary alicyclic amines) is 1. The molecular formula is C19H26N4O3. The van der Waals surface area contributed by atoms with Crippen molar-refractivity contribution >= 4 is 17.9 Å². The molecular weight excluding hydrogens is 332 g/mol. The van der Waals surface area contributed by atoms with Gasteiger partial charge in [-0.1, -0.05) is 29.4 Å². The highest BCUT2D eigenvalue weighted by Gasteiger charge is 2.28. The van der Waals surface area contributed by atoms with Gasteiger partial charge >= 0.3 is 5.97 Å². The maximum atomic E-state index is 10.7. The van der Waals surface area contributed by atoms with Crippen molar-refractivity contribution in [3.05, 3.63) is 35.4 Å². The van der Waals surface area contributed by atoms with E-state index in [0.29, 0.717) is 12.5 Å². The summed E-state index contributed by atoms with van der Waals surface area (Å²) in [5.74, 6) is 5.06. The van der Waals surface area contributed by atoms with Gasteiger partial charge in [-0.25, -0.2) is 0 Å². The normalized spacial score (nSPS) is 21.7. The summed E-state index contributed by atoms with van der Waals surface area (Å²) in [5, 5.41) is 16.6. The zero-order valence-corrected chi connectivity index (χ0v) is 14.9. The van der Waals surface area contributed by atoms with Crippen molar-refractivity contribution in [3.63, 3.8) is 0 Å². The molecule has 1 saturated heterocycles. The average Bonchev–Trinajstić information content (AvgIpc) is 3.10. The predicted octanol–water partition coefficient (Wildman–Crippen LogP) is 2.05. The number of piperidine rings is 1. The van der Waals surface area contributed by atoms with Crippen LogP contribution in [0.15, 0.2) is 34.5 Å². The van der Waals surface area contributed by atoms with E-state index < -0.39 is 5.97 Å². The van der Waals surface area contributed by atoms with Gasteiger partial charge in [0, 0.05) is 13.0 Å². The van der Waals surface area contributed by atoms with Crippen molar-refractivity contribution in [2.45, 2.75) is 38.2 Å². The molecule has 0 spiro atoms. The first-order valence-electron chi connectivity index (χ1n) is 9.14. The molecule has 2 heterocycles. The standard InChI is InChI=1S/C19H26N4O3/c20-21-13-15-1-3-16(4-2-15)18-12-17(26-22-18)11-14-5-8-23(9-6-14)10-7-19(24)25/h1-4,13-14,17H,5-12,20H2,(H,24,25). The number of hydrogen-bond acceptors (Lipinski definition) is 6. The van der Waals surface area contributed by atoms with Gasteiger partial charge in [0.2, 0.25) is 0 Å².